The predicted molar refractivity (Wildman–Crippen MR) is 139 cm³/mol. The van der Waals surface area contributed by atoms with Crippen LogP contribution in [0.5, 0.6) is 0 Å². The summed E-state index contributed by atoms with van der Waals surface area (Å²) in [6.45, 7) is 10.1. The number of rotatable bonds is 9. The summed E-state index contributed by atoms with van der Waals surface area (Å²) in [4.78, 5) is 13.2. The van der Waals surface area contributed by atoms with Crippen molar-refractivity contribution < 1.29 is 13.2 Å². The van der Waals surface area contributed by atoms with Crippen molar-refractivity contribution in [2.45, 2.75) is 58.9 Å². The van der Waals surface area contributed by atoms with Crippen molar-refractivity contribution in [2.24, 2.45) is 0 Å². The number of amides is 1. The van der Waals surface area contributed by atoms with Gasteiger partial charge in [0.1, 0.15) is 6.54 Å². The number of aryl methyl sites for hydroxylation is 5. The van der Waals surface area contributed by atoms with Crippen molar-refractivity contribution in [2.75, 3.05) is 10.8 Å². The summed E-state index contributed by atoms with van der Waals surface area (Å²) in [5, 5.41) is 2.94. The minimum atomic E-state index is -3.93. The van der Waals surface area contributed by atoms with E-state index in [0.29, 0.717) is 12.2 Å². The summed E-state index contributed by atoms with van der Waals surface area (Å²) in [7, 11) is -3.93. The summed E-state index contributed by atoms with van der Waals surface area (Å²) >= 11 is 0. The Morgan fingerprint density at radius 1 is 0.824 bits per heavy atom. The number of nitrogens with one attached hydrogen (secondary N) is 1. The molecule has 0 atom stereocenters. The average molecular weight is 479 g/mol. The van der Waals surface area contributed by atoms with Crippen LogP contribution < -0.4 is 9.62 Å². The Morgan fingerprint density at radius 2 is 1.53 bits per heavy atom. The fourth-order valence-corrected chi connectivity index (χ4v) is 5.23. The molecule has 6 heteroatoms. The van der Waals surface area contributed by atoms with E-state index in [-0.39, 0.29) is 17.3 Å². The van der Waals surface area contributed by atoms with E-state index in [4.69, 9.17) is 0 Å². The maximum atomic E-state index is 13.6. The van der Waals surface area contributed by atoms with Gasteiger partial charge in [-0.15, -0.1) is 0 Å². The van der Waals surface area contributed by atoms with Crippen LogP contribution in [-0.2, 0) is 34.2 Å². The number of carbonyl (C=O) groups is 1. The zero-order chi connectivity index (χ0) is 24.9. The van der Waals surface area contributed by atoms with Crippen molar-refractivity contribution >= 4 is 21.6 Å². The molecule has 0 fully saturated rings. The molecule has 5 nitrogen and oxygen atoms in total. The van der Waals surface area contributed by atoms with E-state index in [9.17, 15) is 13.2 Å². The minimum absolute atomic E-state index is 0.160. The highest BCUT2D eigenvalue weighted by atomic mass is 32.2. The molecule has 0 saturated carbocycles. The third-order valence-corrected chi connectivity index (χ3v) is 8.00. The fourth-order valence-electron chi connectivity index (χ4n) is 3.82. The number of anilines is 1. The van der Waals surface area contributed by atoms with Crippen LogP contribution in [0.2, 0.25) is 0 Å². The third kappa shape index (κ3) is 5.86. The van der Waals surface area contributed by atoms with E-state index >= 15 is 0 Å². The summed E-state index contributed by atoms with van der Waals surface area (Å²) in [6.07, 6.45) is 1.78. The zero-order valence-corrected chi connectivity index (χ0v) is 21.5. The van der Waals surface area contributed by atoms with Gasteiger partial charge in [0.2, 0.25) is 5.91 Å². The Balaban J connectivity index is 1.89. The van der Waals surface area contributed by atoms with Crippen LogP contribution in [0.25, 0.3) is 0 Å². The second-order valence-corrected chi connectivity index (χ2v) is 10.5. The smallest absolute Gasteiger partial charge is 0.264 e. The van der Waals surface area contributed by atoms with Gasteiger partial charge < -0.3 is 5.32 Å². The minimum Gasteiger partial charge on any atom is -0.350 e. The van der Waals surface area contributed by atoms with Gasteiger partial charge in [0.15, 0.2) is 0 Å². The van der Waals surface area contributed by atoms with Crippen LogP contribution in [0.4, 0.5) is 5.69 Å². The van der Waals surface area contributed by atoms with Crippen LogP contribution in [0.3, 0.4) is 0 Å². The van der Waals surface area contributed by atoms with Gasteiger partial charge in [-0.05, 0) is 85.7 Å². The van der Waals surface area contributed by atoms with Gasteiger partial charge in [0.05, 0.1) is 10.6 Å². The lowest BCUT2D eigenvalue weighted by Gasteiger charge is -2.25. The first kappa shape index (κ1) is 25.5. The normalized spacial score (nSPS) is 11.3. The second kappa shape index (κ2) is 10.9. The van der Waals surface area contributed by atoms with Gasteiger partial charge in [-0.2, -0.15) is 0 Å². The monoisotopic (exact) mass is 478 g/mol. The van der Waals surface area contributed by atoms with E-state index < -0.39 is 10.0 Å². The molecule has 3 rings (SSSR count). The van der Waals surface area contributed by atoms with Crippen LogP contribution in [0.15, 0.2) is 65.6 Å². The maximum absolute atomic E-state index is 13.6. The lowest BCUT2D eigenvalue weighted by molar-refractivity contribution is -0.119. The first-order valence-corrected chi connectivity index (χ1v) is 13.1. The summed E-state index contributed by atoms with van der Waals surface area (Å²) in [5.41, 5.74) is 6.91. The number of carbonyl (C=O) groups excluding carboxylic acids is 1. The van der Waals surface area contributed by atoms with Gasteiger partial charge in [-0.25, -0.2) is 8.42 Å². The molecule has 3 aromatic carbocycles. The zero-order valence-electron chi connectivity index (χ0n) is 20.7. The molecule has 1 amide bonds. The highest BCUT2D eigenvalue weighted by Gasteiger charge is 2.27. The first-order valence-electron chi connectivity index (χ1n) is 11.7. The molecule has 3 aromatic rings. The topological polar surface area (TPSA) is 66.5 Å². The number of hydrogen-bond acceptors (Lipinski definition) is 3. The largest absolute Gasteiger partial charge is 0.350 e. The van der Waals surface area contributed by atoms with E-state index in [2.05, 4.69) is 37.4 Å². The molecule has 0 bridgehead atoms. The van der Waals surface area contributed by atoms with Crippen LogP contribution in [0, 0.1) is 20.8 Å². The Kier molecular flexibility index (Phi) is 8.15. The Labute approximate surface area is 203 Å². The molecule has 0 aliphatic carbocycles. The molecule has 0 unspecified atom stereocenters. The quantitative estimate of drug-likeness (QED) is 0.457. The average Bonchev–Trinajstić information content (AvgIpc) is 2.83. The lowest BCUT2D eigenvalue weighted by Crippen LogP contribution is -2.40. The van der Waals surface area contributed by atoms with Crippen molar-refractivity contribution in [1.29, 1.82) is 0 Å². The molecule has 0 saturated heterocycles. The van der Waals surface area contributed by atoms with Gasteiger partial charge in [0, 0.05) is 6.54 Å². The number of hydrogen-bond donors (Lipinski definition) is 1. The number of nitrogens with zero attached hydrogens (tertiary/aromatic N) is 1. The standard InChI is InChI=1S/C28H34N2O3S/c1-6-23-11-12-24(7-2)25(17-23)18-29-28(31)19-30(26-13-10-21(4)22(5)16-26)34(32,33)27-14-8-20(3)9-15-27/h8-17H,6-7,18-19H2,1-5H3,(H,29,31). The number of benzene rings is 3. The highest BCUT2D eigenvalue weighted by molar-refractivity contribution is 7.92. The van der Waals surface area contributed by atoms with Gasteiger partial charge >= 0.3 is 0 Å². The summed E-state index contributed by atoms with van der Waals surface area (Å²) < 4.78 is 28.4. The molecule has 1 N–H and O–H groups in total. The molecule has 0 aromatic heterocycles. The SMILES string of the molecule is CCc1ccc(CC)c(CNC(=O)CN(c2ccc(C)c(C)c2)S(=O)(=O)c2ccc(C)cc2)c1. The predicted octanol–water partition coefficient (Wildman–Crippen LogP) is 5.25. The lowest BCUT2D eigenvalue weighted by atomic mass is 10.0. The Hall–Kier alpha value is -3.12. The van der Waals surface area contributed by atoms with Crippen molar-refractivity contribution in [3.05, 3.63) is 94.0 Å². The van der Waals surface area contributed by atoms with E-state index in [1.54, 1.807) is 30.3 Å². The van der Waals surface area contributed by atoms with Gasteiger partial charge in [-0.1, -0.05) is 55.8 Å². The molecule has 0 heterocycles. The second-order valence-electron chi connectivity index (χ2n) is 8.68. The van der Waals surface area contributed by atoms with E-state index in [1.165, 1.54) is 15.4 Å². The molecular formula is C28H34N2O3S. The molecular weight excluding hydrogens is 444 g/mol. The van der Waals surface area contributed by atoms with Crippen LogP contribution >= 0.6 is 0 Å². The van der Waals surface area contributed by atoms with Gasteiger partial charge in [0.25, 0.3) is 10.0 Å². The molecule has 0 aliphatic rings. The fraction of sp³-hybridized carbons (Fsp3) is 0.321. The van der Waals surface area contributed by atoms with Crippen LogP contribution in [-0.4, -0.2) is 20.9 Å². The summed E-state index contributed by atoms with van der Waals surface area (Å²) in [5.74, 6) is -0.349. The van der Waals surface area contributed by atoms with Gasteiger partial charge in [-0.3, -0.25) is 9.10 Å². The molecule has 0 spiro atoms. The van der Waals surface area contributed by atoms with Crippen molar-refractivity contribution in [1.82, 2.24) is 5.32 Å². The maximum Gasteiger partial charge on any atom is 0.264 e. The molecule has 0 radical (unpaired) electrons. The highest BCUT2D eigenvalue weighted by Crippen LogP contribution is 2.26. The Bertz CT molecular complexity index is 1270. The van der Waals surface area contributed by atoms with E-state index in [1.807, 2.05) is 32.9 Å². The number of sulfonamides is 1. The van der Waals surface area contributed by atoms with Crippen molar-refractivity contribution in [3.63, 3.8) is 0 Å². The van der Waals surface area contributed by atoms with Crippen LogP contribution in [0.1, 0.15) is 47.2 Å². The third-order valence-electron chi connectivity index (χ3n) is 6.21. The first-order chi connectivity index (χ1) is 16.1. The molecule has 0 aliphatic heterocycles. The molecule has 34 heavy (non-hydrogen) atoms. The van der Waals surface area contributed by atoms with E-state index in [0.717, 1.165) is 35.1 Å². The Morgan fingerprint density at radius 3 is 2.15 bits per heavy atom. The van der Waals surface area contributed by atoms with Crippen molar-refractivity contribution in [3.8, 4) is 0 Å². The molecule has 180 valence electrons. The summed E-state index contributed by atoms with van der Waals surface area (Å²) in [6, 6.07) is 18.5.